The van der Waals surface area contributed by atoms with Crippen LogP contribution in [0.1, 0.15) is 52.7 Å². The van der Waals surface area contributed by atoms with Crippen molar-refractivity contribution in [2.24, 2.45) is 4.99 Å². The minimum Gasteiger partial charge on any atom is -0.462 e. The first-order valence-corrected chi connectivity index (χ1v) is 11.1. The van der Waals surface area contributed by atoms with E-state index in [1.165, 1.54) is 22.3 Å². The molecule has 0 spiro atoms. The van der Waals surface area contributed by atoms with Crippen molar-refractivity contribution in [1.82, 2.24) is 20.6 Å². The van der Waals surface area contributed by atoms with E-state index in [1.807, 2.05) is 26.8 Å². The number of esters is 1. The van der Waals surface area contributed by atoms with E-state index in [1.54, 1.807) is 6.92 Å². The third-order valence-corrected chi connectivity index (χ3v) is 5.99. The van der Waals surface area contributed by atoms with Gasteiger partial charge in [-0.1, -0.05) is 18.2 Å². The number of H-pyrrole nitrogens is 1. The SMILES string of the molecule is CCNC(=NCCc1c[nH]c2ccccc12)NC(C)c1nc(C)c(C(=O)OCC)s1.I. The molecular formula is C22H30IN5O2S. The molecule has 0 saturated heterocycles. The Bertz CT molecular complexity index is 1030. The fourth-order valence-electron chi connectivity index (χ4n) is 3.20. The Morgan fingerprint density at radius 1 is 1.32 bits per heavy atom. The number of aromatic nitrogens is 2. The highest BCUT2D eigenvalue weighted by atomic mass is 127. The van der Waals surface area contributed by atoms with Gasteiger partial charge in [0.1, 0.15) is 9.88 Å². The summed E-state index contributed by atoms with van der Waals surface area (Å²) in [5, 5.41) is 8.74. The molecule has 7 nitrogen and oxygen atoms in total. The van der Waals surface area contributed by atoms with Crippen LogP contribution in [0.5, 0.6) is 0 Å². The second-order valence-corrected chi connectivity index (χ2v) is 7.95. The average Bonchev–Trinajstić information content (AvgIpc) is 3.32. The molecule has 0 fully saturated rings. The monoisotopic (exact) mass is 555 g/mol. The molecule has 1 aromatic carbocycles. The number of ether oxygens (including phenoxy) is 1. The highest BCUT2D eigenvalue weighted by molar-refractivity contribution is 14.0. The molecule has 1 unspecified atom stereocenters. The standard InChI is InChI=1S/C22H29N5O2S.HI/c1-5-23-22(24-12-11-16-13-25-18-10-8-7-9-17(16)18)27-15(4)20-26-14(3)19(30-20)21(28)29-6-2;/h7-10,13,15,25H,5-6,11-12H2,1-4H3,(H2,23,24,27);1H. The number of hydrogen-bond donors (Lipinski definition) is 3. The van der Waals surface area contributed by atoms with Crippen molar-refractivity contribution in [1.29, 1.82) is 0 Å². The molecule has 0 aliphatic carbocycles. The molecule has 9 heteroatoms. The lowest BCUT2D eigenvalue weighted by Crippen LogP contribution is -2.38. The van der Waals surface area contributed by atoms with E-state index in [0.29, 0.717) is 23.7 Å². The van der Waals surface area contributed by atoms with Crippen LogP contribution in [-0.2, 0) is 11.2 Å². The van der Waals surface area contributed by atoms with E-state index >= 15 is 0 Å². The van der Waals surface area contributed by atoms with Gasteiger partial charge >= 0.3 is 5.97 Å². The molecule has 2 aromatic heterocycles. The fraction of sp³-hybridized carbons (Fsp3) is 0.409. The van der Waals surface area contributed by atoms with Crippen LogP contribution in [0.25, 0.3) is 10.9 Å². The van der Waals surface area contributed by atoms with Crippen molar-refractivity contribution < 1.29 is 9.53 Å². The van der Waals surface area contributed by atoms with Gasteiger partial charge in [-0.2, -0.15) is 0 Å². The molecule has 0 aliphatic rings. The minimum absolute atomic E-state index is 0. The first-order valence-electron chi connectivity index (χ1n) is 10.3. The van der Waals surface area contributed by atoms with Gasteiger partial charge in [0.2, 0.25) is 0 Å². The van der Waals surface area contributed by atoms with E-state index in [0.717, 1.165) is 29.4 Å². The van der Waals surface area contributed by atoms with Gasteiger partial charge in [-0.15, -0.1) is 35.3 Å². The maximum absolute atomic E-state index is 12.1. The van der Waals surface area contributed by atoms with Gasteiger partial charge in [-0.05, 0) is 45.7 Å². The third-order valence-electron chi connectivity index (χ3n) is 4.67. The van der Waals surface area contributed by atoms with Crippen LogP contribution in [-0.4, -0.2) is 41.6 Å². The molecule has 2 heterocycles. The quantitative estimate of drug-likeness (QED) is 0.164. The number of benzene rings is 1. The molecule has 0 bridgehead atoms. The van der Waals surface area contributed by atoms with E-state index in [2.05, 4.69) is 45.0 Å². The van der Waals surface area contributed by atoms with Crippen molar-refractivity contribution in [3.63, 3.8) is 0 Å². The Kier molecular flexibility index (Phi) is 9.76. The summed E-state index contributed by atoms with van der Waals surface area (Å²) in [4.78, 5) is 25.2. The van der Waals surface area contributed by atoms with E-state index in [9.17, 15) is 4.79 Å². The summed E-state index contributed by atoms with van der Waals surface area (Å²) in [6.45, 7) is 9.46. The second kappa shape index (κ2) is 12.0. The number of aryl methyl sites for hydroxylation is 1. The zero-order valence-corrected chi connectivity index (χ0v) is 21.5. The maximum atomic E-state index is 12.1. The van der Waals surface area contributed by atoms with E-state index < -0.39 is 0 Å². The lowest BCUT2D eigenvalue weighted by atomic mass is 10.1. The largest absolute Gasteiger partial charge is 0.462 e. The summed E-state index contributed by atoms with van der Waals surface area (Å²) in [5.41, 5.74) is 3.10. The normalized spacial score (nSPS) is 12.3. The number of aliphatic imine (C=N–C) groups is 1. The molecule has 0 aliphatic heterocycles. The highest BCUT2D eigenvalue weighted by Crippen LogP contribution is 2.24. The van der Waals surface area contributed by atoms with Gasteiger partial charge in [0.25, 0.3) is 0 Å². The summed E-state index contributed by atoms with van der Waals surface area (Å²) in [6, 6.07) is 8.21. The number of halogens is 1. The number of aromatic amines is 1. The molecule has 168 valence electrons. The lowest BCUT2D eigenvalue weighted by Gasteiger charge is -2.16. The zero-order chi connectivity index (χ0) is 21.5. The van der Waals surface area contributed by atoms with Crippen LogP contribution < -0.4 is 10.6 Å². The number of rotatable bonds is 8. The van der Waals surface area contributed by atoms with Crippen LogP contribution >= 0.6 is 35.3 Å². The summed E-state index contributed by atoms with van der Waals surface area (Å²) in [5.74, 6) is 0.417. The van der Waals surface area contributed by atoms with Crippen LogP contribution in [0, 0.1) is 6.92 Å². The first-order chi connectivity index (χ1) is 14.5. The number of thiazole rings is 1. The number of guanidine groups is 1. The molecule has 0 amide bonds. The first kappa shape index (κ1) is 25.1. The molecule has 0 saturated carbocycles. The smallest absolute Gasteiger partial charge is 0.350 e. The molecule has 1 atom stereocenters. The van der Waals surface area contributed by atoms with Crippen LogP contribution in [0.3, 0.4) is 0 Å². The lowest BCUT2D eigenvalue weighted by molar-refractivity contribution is 0.0531. The molecule has 3 aromatic rings. The number of carbonyl (C=O) groups excluding carboxylic acids is 1. The van der Waals surface area contributed by atoms with Crippen molar-refractivity contribution in [3.05, 3.63) is 51.6 Å². The van der Waals surface area contributed by atoms with Crippen LogP contribution in [0.2, 0.25) is 0 Å². The number of fused-ring (bicyclic) bond motifs is 1. The Morgan fingerprint density at radius 2 is 2.10 bits per heavy atom. The van der Waals surface area contributed by atoms with Crippen LogP contribution in [0.4, 0.5) is 0 Å². The summed E-state index contributed by atoms with van der Waals surface area (Å²) >= 11 is 1.36. The van der Waals surface area contributed by atoms with E-state index in [-0.39, 0.29) is 36.0 Å². The average molecular weight is 555 g/mol. The third kappa shape index (κ3) is 6.42. The maximum Gasteiger partial charge on any atom is 0.350 e. The Morgan fingerprint density at radius 3 is 2.84 bits per heavy atom. The predicted octanol–water partition coefficient (Wildman–Crippen LogP) is 4.59. The molecule has 3 rings (SSSR count). The van der Waals surface area contributed by atoms with Crippen molar-refractivity contribution in [2.45, 2.75) is 40.2 Å². The Labute approximate surface area is 204 Å². The number of carbonyl (C=O) groups is 1. The summed E-state index contributed by atoms with van der Waals surface area (Å²) in [6.07, 6.45) is 2.90. The predicted molar refractivity (Wildman–Crippen MR) is 138 cm³/mol. The van der Waals surface area contributed by atoms with Gasteiger partial charge < -0.3 is 20.4 Å². The highest BCUT2D eigenvalue weighted by Gasteiger charge is 2.20. The van der Waals surface area contributed by atoms with Crippen molar-refractivity contribution in [2.75, 3.05) is 19.7 Å². The van der Waals surface area contributed by atoms with Gasteiger partial charge in [-0.3, -0.25) is 4.99 Å². The fourth-order valence-corrected chi connectivity index (χ4v) is 4.17. The Balaban J connectivity index is 0.00000341. The van der Waals surface area contributed by atoms with Gasteiger partial charge in [0, 0.05) is 30.2 Å². The van der Waals surface area contributed by atoms with E-state index in [4.69, 9.17) is 9.73 Å². The minimum atomic E-state index is -0.315. The number of hydrogen-bond acceptors (Lipinski definition) is 5. The number of para-hydroxylation sites is 1. The summed E-state index contributed by atoms with van der Waals surface area (Å²) < 4.78 is 5.11. The van der Waals surface area contributed by atoms with Crippen LogP contribution in [0.15, 0.2) is 35.5 Å². The summed E-state index contributed by atoms with van der Waals surface area (Å²) in [7, 11) is 0. The zero-order valence-electron chi connectivity index (χ0n) is 18.3. The second-order valence-electron chi connectivity index (χ2n) is 6.92. The molecular weight excluding hydrogens is 525 g/mol. The van der Waals surface area contributed by atoms with Gasteiger partial charge in [0.15, 0.2) is 5.96 Å². The van der Waals surface area contributed by atoms with Crippen molar-refractivity contribution >= 4 is 58.1 Å². The van der Waals surface area contributed by atoms with Gasteiger partial charge in [-0.25, -0.2) is 9.78 Å². The molecule has 31 heavy (non-hydrogen) atoms. The Hall–Kier alpha value is -2.14. The molecule has 0 radical (unpaired) electrons. The number of nitrogens with zero attached hydrogens (tertiary/aromatic N) is 2. The van der Waals surface area contributed by atoms with Gasteiger partial charge in [0.05, 0.1) is 18.3 Å². The van der Waals surface area contributed by atoms with Crippen molar-refractivity contribution in [3.8, 4) is 0 Å². The molecule has 3 N–H and O–H groups in total. The topological polar surface area (TPSA) is 91.4 Å². The number of nitrogens with one attached hydrogen (secondary N) is 3.